The van der Waals surface area contributed by atoms with Crippen molar-refractivity contribution < 1.29 is 9.59 Å². The van der Waals surface area contributed by atoms with E-state index in [4.69, 9.17) is 0 Å². The molecule has 1 aromatic carbocycles. The van der Waals surface area contributed by atoms with E-state index < -0.39 is 11.8 Å². The van der Waals surface area contributed by atoms with Gasteiger partial charge in [0.2, 0.25) is 0 Å². The van der Waals surface area contributed by atoms with Gasteiger partial charge in [0.15, 0.2) is 0 Å². The number of hydrogen-bond donors (Lipinski definition) is 0. The highest BCUT2D eigenvalue weighted by molar-refractivity contribution is 6.40. The lowest BCUT2D eigenvalue weighted by molar-refractivity contribution is -0.147. The lowest BCUT2D eigenvalue weighted by Crippen LogP contribution is -2.52. The Kier molecular flexibility index (Phi) is 3.84. The highest BCUT2D eigenvalue weighted by Gasteiger charge is 2.35. The zero-order chi connectivity index (χ0) is 14.9. The quantitative estimate of drug-likeness (QED) is 0.737. The van der Waals surface area contributed by atoms with Gasteiger partial charge in [-0.1, -0.05) is 18.2 Å². The molecule has 1 aromatic rings. The van der Waals surface area contributed by atoms with Crippen molar-refractivity contribution >= 4 is 17.5 Å². The maximum absolute atomic E-state index is 12.5. The second kappa shape index (κ2) is 5.27. The van der Waals surface area contributed by atoms with Crippen LogP contribution in [-0.4, -0.2) is 35.3 Å². The Morgan fingerprint density at radius 3 is 2.50 bits per heavy atom. The summed E-state index contributed by atoms with van der Waals surface area (Å²) < 4.78 is 0. The summed E-state index contributed by atoms with van der Waals surface area (Å²) in [5.74, 6) is -0.844. The maximum Gasteiger partial charge on any atom is 0.316 e. The summed E-state index contributed by atoms with van der Waals surface area (Å²) in [6.45, 7) is 8.85. The topological polar surface area (TPSA) is 40.6 Å². The van der Waals surface area contributed by atoms with Crippen LogP contribution in [0.5, 0.6) is 0 Å². The van der Waals surface area contributed by atoms with Gasteiger partial charge in [0, 0.05) is 24.3 Å². The fraction of sp³-hybridized carbons (Fsp3) is 0.500. The Bertz CT molecular complexity index is 532. The van der Waals surface area contributed by atoms with E-state index in [1.165, 1.54) is 0 Å². The first-order chi connectivity index (χ1) is 9.36. The molecule has 2 amide bonds. The molecule has 0 atom stereocenters. The largest absolute Gasteiger partial charge is 0.330 e. The summed E-state index contributed by atoms with van der Waals surface area (Å²) in [6, 6.07) is 7.77. The molecule has 1 heterocycles. The van der Waals surface area contributed by atoms with Crippen LogP contribution in [0, 0.1) is 0 Å². The van der Waals surface area contributed by atoms with Gasteiger partial charge in [-0.25, -0.2) is 0 Å². The number of amides is 2. The molecule has 2 rings (SSSR count). The van der Waals surface area contributed by atoms with Crippen LogP contribution in [0.4, 0.5) is 5.69 Å². The van der Waals surface area contributed by atoms with Crippen LogP contribution in [0.3, 0.4) is 0 Å². The molecule has 4 nitrogen and oxygen atoms in total. The second-order valence-corrected chi connectivity index (χ2v) is 6.06. The first-order valence-corrected chi connectivity index (χ1v) is 7.07. The standard InChI is InChI=1S/C16H22N2O2/c1-5-18(16(2,3)4)15(20)14(19)17-11-10-12-8-6-7-9-13(12)17/h6-9H,5,10-11H2,1-4H3. The van der Waals surface area contributed by atoms with E-state index >= 15 is 0 Å². The van der Waals surface area contributed by atoms with E-state index in [-0.39, 0.29) is 5.54 Å². The van der Waals surface area contributed by atoms with Crippen molar-refractivity contribution in [1.29, 1.82) is 0 Å². The molecule has 0 saturated heterocycles. The molecule has 0 fully saturated rings. The van der Waals surface area contributed by atoms with Gasteiger partial charge in [0.1, 0.15) is 0 Å². The van der Waals surface area contributed by atoms with E-state index in [1.807, 2.05) is 52.0 Å². The number of para-hydroxylation sites is 1. The van der Waals surface area contributed by atoms with Crippen molar-refractivity contribution in [2.75, 3.05) is 18.0 Å². The molecule has 4 heteroatoms. The molecule has 0 N–H and O–H groups in total. The molecular weight excluding hydrogens is 252 g/mol. The number of hydrogen-bond acceptors (Lipinski definition) is 2. The first-order valence-electron chi connectivity index (χ1n) is 7.07. The van der Waals surface area contributed by atoms with E-state index in [1.54, 1.807) is 9.80 Å². The summed E-state index contributed by atoms with van der Waals surface area (Å²) >= 11 is 0. The molecule has 0 bridgehead atoms. The molecule has 0 unspecified atom stereocenters. The predicted molar refractivity (Wildman–Crippen MR) is 79.6 cm³/mol. The Balaban J connectivity index is 2.23. The lowest BCUT2D eigenvalue weighted by atomic mass is 10.1. The number of nitrogens with zero attached hydrogens (tertiary/aromatic N) is 2. The van der Waals surface area contributed by atoms with Crippen molar-refractivity contribution in [2.24, 2.45) is 0 Å². The highest BCUT2D eigenvalue weighted by atomic mass is 16.2. The monoisotopic (exact) mass is 274 g/mol. The van der Waals surface area contributed by atoms with Crippen LogP contribution >= 0.6 is 0 Å². The number of likely N-dealkylation sites (N-methyl/N-ethyl adjacent to an activating group) is 1. The van der Waals surface area contributed by atoms with Gasteiger partial charge in [-0.15, -0.1) is 0 Å². The normalized spacial score (nSPS) is 14.1. The fourth-order valence-corrected chi connectivity index (χ4v) is 2.70. The van der Waals surface area contributed by atoms with Crippen LogP contribution in [0.2, 0.25) is 0 Å². The first kappa shape index (κ1) is 14.6. The molecule has 20 heavy (non-hydrogen) atoms. The van der Waals surface area contributed by atoms with E-state index in [2.05, 4.69) is 0 Å². The minimum absolute atomic E-state index is 0.346. The van der Waals surface area contributed by atoms with Crippen LogP contribution in [0.15, 0.2) is 24.3 Å². The van der Waals surface area contributed by atoms with Gasteiger partial charge in [-0.3, -0.25) is 9.59 Å². The number of carbonyl (C=O) groups is 2. The Morgan fingerprint density at radius 1 is 1.25 bits per heavy atom. The van der Waals surface area contributed by atoms with Gasteiger partial charge in [-0.05, 0) is 45.7 Å². The Labute approximate surface area is 120 Å². The van der Waals surface area contributed by atoms with Gasteiger partial charge < -0.3 is 9.80 Å². The van der Waals surface area contributed by atoms with Gasteiger partial charge >= 0.3 is 11.8 Å². The molecular formula is C16H22N2O2. The minimum atomic E-state index is -0.424. The minimum Gasteiger partial charge on any atom is -0.330 e. The third-order valence-corrected chi connectivity index (χ3v) is 3.69. The average molecular weight is 274 g/mol. The van der Waals surface area contributed by atoms with Crippen molar-refractivity contribution in [3.63, 3.8) is 0 Å². The predicted octanol–water partition coefficient (Wildman–Crippen LogP) is 2.22. The maximum atomic E-state index is 12.5. The van der Waals surface area contributed by atoms with Crippen molar-refractivity contribution in [2.45, 2.75) is 39.7 Å². The molecule has 0 spiro atoms. The molecule has 108 valence electrons. The summed E-state index contributed by atoms with van der Waals surface area (Å²) in [7, 11) is 0. The van der Waals surface area contributed by atoms with Gasteiger partial charge in [-0.2, -0.15) is 0 Å². The summed E-state index contributed by atoms with van der Waals surface area (Å²) in [4.78, 5) is 28.2. The summed E-state index contributed by atoms with van der Waals surface area (Å²) in [6.07, 6.45) is 0.816. The van der Waals surface area contributed by atoms with Crippen LogP contribution < -0.4 is 4.90 Å². The Morgan fingerprint density at radius 2 is 1.90 bits per heavy atom. The van der Waals surface area contributed by atoms with E-state index in [9.17, 15) is 9.59 Å². The average Bonchev–Trinajstić information content (AvgIpc) is 2.80. The van der Waals surface area contributed by atoms with Crippen LogP contribution in [0.25, 0.3) is 0 Å². The van der Waals surface area contributed by atoms with Crippen molar-refractivity contribution in [1.82, 2.24) is 4.90 Å². The number of fused-ring (bicyclic) bond motifs is 1. The van der Waals surface area contributed by atoms with Crippen LogP contribution in [-0.2, 0) is 16.0 Å². The molecule has 0 radical (unpaired) electrons. The zero-order valence-corrected chi connectivity index (χ0v) is 12.6. The molecule has 0 aromatic heterocycles. The van der Waals surface area contributed by atoms with Crippen LogP contribution in [0.1, 0.15) is 33.3 Å². The van der Waals surface area contributed by atoms with Crippen molar-refractivity contribution in [3.05, 3.63) is 29.8 Å². The number of anilines is 1. The number of benzene rings is 1. The zero-order valence-electron chi connectivity index (χ0n) is 12.6. The SMILES string of the molecule is CCN(C(=O)C(=O)N1CCc2ccccc21)C(C)(C)C. The van der Waals surface area contributed by atoms with Gasteiger partial charge in [0.25, 0.3) is 0 Å². The van der Waals surface area contributed by atoms with Crippen molar-refractivity contribution in [3.8, 4) is 0 Å². The molecule has 0 aliphatic carbocycles. The number of carbonyl (C=O) groups excluding carboxylic acids is 2. The summed E-state index contributed by atoms with van der Waals surface area (Å²) in [5.41, 5.74) is 1.66. The third kappa shape index (κ3) is 2.55. The van der Waals surface area contributed by atoms with Gasteiger partial charge in [0.05, 0.1) is 0 Å². The Hall–Kier alpha value is -1.84. The molecule has 1 aliphatic rings. The lowest BCUT2D eigenvalue weighted by Gasteiger charge is -2.35. The molecule has 1 aliphatic heterocycles. The third-order valence-electron chi connectivity index (χ3n) is 3.69. The fourth-order valence-electron chi connectivity index (χ4n) is 2.70. The smallest absolute Gasteiger partial charge is 0.316 e. The van der Waals surface area contributed by atoms with E-state index in [0.717, 1.165) is 17.7 Å². The number of rotatable bonds is 1. The second-order valence-electron chi connectivity index (χ2n) is 6.06. The highest BCUT2D eigenvalue weighted by Crippen LogP contribution is 2.28. The summed E-state index contributed by atoms with van der Waals surface area (Å²) in [5, 5.41) is 0. The van der Waals surface area contributed by atoms with E-state index in [0.29, 0.717) is 13.1 Å². The molecule has 0 saturated carbocycles.